The number of nitrogens with zero attached hydrogens (tertiary/aromatic N) is 1. The molecular formula is C21H17NO5. The lowest BCUT2D eigenvalue weighted by Crippen LogP contribution is -2.31. The molecule has 0 saturated carbocycles. The molecule has 1 aliphatic heterocycles. The quantitative estimate of drug-likeness (QED) is 0.420. The second-order valence-electron chi connectivity index (χ2n) is 5.68. The Labute approximate surface area is 157 Å². The zero-order valence-electron chi connectivity index (χ0n) is 14.6. The number of terminal acetylenes is 3. The van der Waals surface area contributed by atoms with Crippen molar-refractivity contribution in [2.75, 3.05) is 6.61 Å². The van der Waals surface area contributed by atoms with Crippen LogP contribution in [0.1, 0.15) is 48.8 Å². The Balaban J connectivity index is 1.82. The number of hydrogen-bond donors (Lipinski definition) is 0. The van der Waals surface area contributed by atoms with Gasteiger partial charge in [0.25, 0.3) is 11.8 Å². The average molecular weight is 363 g/mol. The highest BCUT2D eigenvalue weighted by molar-refractivity contribution is 6.01. The van der Waals surface area contributed by atoms with Gasteiger partial charge in [0.15, 0.2) is 5.75 Å². The zero-order chi connectivity index (χ0) is 19.8. The SMILES string of the molecule is C#Cc1cc(C#C)c(OCCCCC(=O)ON2C(=O)CCC2=O)c(C#C)c1. The standard InChI is InChI=1S/C21H17NO5/c1-4-15-13-16(5-2)21(17(6-3)14-15)26-12-8-7-9-20(25)27-22-18(23)10-11-19(22)24/h1-3,13-14H,7-12H2. The van der Waals surface area contributed by atoms with Crippen molar-refractivity contribution in [3.8, 4) is 42.8 Å². The van der Waals surface area contributed by atoms with E-state index in [-0.39, 0.29) is 25.9 Å². The number of benzene rings is 1. The summed E-state index contributed by atoms with van der Waals surface area (Å²) in [6, 6.07) is 3.27. The first-order valence-corrected chi connectivity index (χ1v) is 8.27. The monoisotopic (exact) mass is 363 g/mol. The van der Waals surface area contributed by atoms with Crippen molar-refractivity contribution in [1.29, 1.82) is 0 Å². The first-order chi connectivity index (χ1) is 13.0. The molecule has 136 valence electrons. The van der Waals surface area contributed by atoms with Crippen LogP contribution in [0.5, 0.6) is 5.75 Å². The highest BCUT2D eigenvalue weighted by atomic mass is 16.7. The molecule has 0 bridgehead atoms. The van der Waals surface area contributed by atoms with Gasteiger partial charge in [0.05, 0.1) is 17.7 Å². The van der Waals surface area contributed by atoms with E-state index >= 15 is 0 Å². The van der Waals surface area contributed by atoms with Crippen molar-refractivity contribution in [3.05, 3.63) is 28.8 Å². The van der Waals surface area contributed by atoms with E-state index in [4.69, 9.17) is 28.8 Å². The summed E-state index contributed by atoms with van der Waals surface area (Å²) in [4.78, 5) is 39.3. The van der Waals surface area contributed by atoms with Crippen LogP contribution in [0.25, 0.3) is 0 Å². The topological polar surface area (TPSA) is 72.9 Å². The third-order valence-electron chi connectivity index (χ3n) is 3.79. The molecule has 0 aromatic heterocycles. The van der Waals surface area contributed by atoms with Crippen LogP contribution in [0.3, 0.4) is 0 Å². The molecule has 2 rings (SSSR count). The summed E-state index contributed by atoms with van der Waals surface area (Å²) in [5.74, 6) is 6.21. The van der Waals surface area contributed by atoms with Crippen LogP contribution in [0.15, 0.2) is 12.1 Å². The third kappa shape index (κ3) is 4.91. The molecule has 1 fully saturated rings. The van der Waals surface area contributed by atoms with Gasteiger partial charge in [-0.25, -0.2) is 4.79 Å². The summed E-state index contributed by atoms with van der Waals surface area (Å²) >= 11 is 0. The van der Waals surface area contributed by atoms with Crippen molar-refractivity contribution < 1.29 is 24.0 Å². The van der Waals surface area contributed by atoms with Crippen molar-refractivity contribution in [1.82, 2.24) is 5.06 Å². The van der Waals surface area contributed by atoms with Crippen LogP contribution in [-0.2, 0) is 19.2 Å². The maximum atomic E-state index is 11.7. The van der Waals surface area contributed by atoms with Crippen LogP contribution in [0.2, 0.25) is 0 Å². The fraction of sp³-hybridized carbons (Fsp3) is 0.286. The van der Waals surface area contributed by atoms with Crippen LogP contribution >= 0.6 is 0 Å². The van der Waals surface area contributed by atoms with E-state index in [0.29, 0.717) is 40.3 Å². The minimum atomic E-state index is -0.648. The van der Waals surface area contributed by atoms with Gasteiger partial charge in [-0.1, -0.05) is 17.8 Å². The van der Waals surface area contributed by atoms with E-state index in [1.165, 1.54) is 0 Å². The van der Waals surface area contributed by atoms with Gasteiger partial charge in [-0.2, -0.15) is 0 Å². The van der Waals surface area contributed by atoms with Gasteiger partial charge in [-0.15, -0.1) is 24.3 Å². The smallest absolute Gasteiger partial charge is 0.333 e. The molecule has 0 spiro atoms. The Kier molecular flexibility index (Phi) is 6.64. The minimum Gasteiger partial charge on any atom is -0.491 e. The van der Waals surface area contributed by atoms with Crippen molar-refractivity contribution in [2.45, 2.75) is 32.1 Å². The lowest BCUT2D eigenvalue weighted by Gasteiger charge is -2.13. The van der Waals surface area contributed by atoms with Gasteiger partial charge in [-0.05, 0) is 25.0 Å². The van der Waals surface area contributed by atoms with E-state index in [1.54, 1.807) is 12.1 Å². The highest BCUT2D eigenvalue weighted by Gasteiger charge is 2.32. The lowest BCUT2D eigenvalue weighted by molar-refractivity contribution is -0.197. The number of hydroxylamine groups is 2. The summed E-state index contributed by atoms with van der Waals surface area (Å²) in [6.45, 7) is 0.271. The molecule has 6 nitrogen and oxygen atoms in total. The van der Waals surface area contributed by atoms with Crippen molar-refractivity contribution in [3.63, 3.8) is 0 Å². The Bertz CT molecular complexity index is 844. The molecule has 1 saturated heterocycles. The number of unbranched alkanes of at least 4 members (excludes halogenated alkanes) is 1. The maximum Gasteiger partial charge on any atom is 0.333 e. The highest BCUT2D eigenvalue weighted by Crippen LogP contribution is 2.25. The molecule has 0 atom stereocenters. The summed E-state index contributed by atoms with van der Waals surface area (Å²) in [5.41, 5.74) is 1.49. The van der Waals surface area contributed by atoms with Crippen LogP contribution in [-0.4, -0.2) is 29.5 Å². The molecule has 0 radical (unpaired) electrons. The van der Waals surface area contributed by atoms with Gasteiger partial charge in [0.1, 0.15) is 0 Å². The molecular weight excluding hydrogens is 346 g/mol. The molecule has 0 unspecified atom stereocenters. The van der Waals surface area contributed by atoms with Crippen LogP contribution < -0.4 is 4.74 Å². The molecule has 27 heavy (non-hydrogen) atoms. The summed E-state index contributed by atoms with van der Waals surface area (Å²) in [5, 5.41) is 0.532. The van der Waals surface area contributed by atoms with Gasteiger partial charge in [-0.3, -0.25) is 9.59 Å². The molecule has 1 aromatic carbocycles. The minimum absolute atomic E-state index is 0.0421. The van der Waals surface area contributed by atoms with Crippen LogP contribution in [0, 0.1) is 37.0 Å². The molecule has 2 amide bonds. The van der Waals surface area contributed by atoms with E-state index in [2.05, 4.69) is 17.8 Å². The van der Waals surface area contributed by atoms with Gasteiger partial charge >= 0.3 is 5.97 Å². The second-order valence-corrected chi connectivity index (χ2v) is 5.68. The van der Waals surface area contributed by atoms with E-state index in [0.717, 1.165) is 0 Å². The predicted octanol–water partition coefficient (Wildman–Crippen LogP) is 1.79. The third-order valence-corrected chi connectivity index (χ3v) is 3.79. The molecule has 6 heteroatoms. The Morgan fingerprint density at radius 1 is 1.00 bits per heavy atom. The number of imide groups is 1. The van der Waals surface area contributed by atoms with Crippen molar-refractivity contribution in [2.24, 2.45) is 0 Å². The van der Waals surface area contributed by atoms with Gasteiger partial charge in [0, 0.05) is 24.8 Å². The fourth-order valence-electron chi connectivity index (χ4n) is 2.43. The Morgan fingerprint density at radius 3 is 2.11 bits per heavy atom. The lowest BCUT2D eigenvalue weighted by atomic mass is 10.0. The fourth-order valence-corrected chi connectivity index (χ4v) is 2.43. The summed E-state index contributed by atoms with van der Waals surface area (Å²) < 4.78 is 5.67. The second kappa shape index (κ2) is 9.13. The number of hydrogen-bond acceptors (Lipinski definition) is 5. The van der Waals surface area contributed by atoms with E-state index in [9.17, 15) is 14.4 Å². The number of amides is 2. The molecule has 0 N–H and O–H groups in total. The van der Waals surface area contributed by atoms with E-state index in [1.807, 2.05) is 0 Å². The molecule has 1 heterocycles. The Hall–Kier alpha value is -3.69. The largest absolute Gasteiger partial charge is 0.491 e. The number of carbonyl (C=O) groups excluding carboxylic acids is 3. The first-order valence-electron chi connectivity index (χ1n) is 8.27. The normalized spacial score (nSPS) is 12.9. The van der Waals surface area contributed by atoms with E-state index < -0.39 is 17.8 Å². The number of carbonyl (C=O) groups is 3. The molecule has 1 aromatic rings. The Morgan fingerprint density at radius 2 is 1.59 bits per heavy atom. The number of ether oxygens (including phenoxy) is 1. The van der Waals surface area contributed by atoms with Gasteiger partial charge < -0.3 is 9.57 Å². The summed E-state index contributed by atoms with van der Waals surface area (Å²) in [6.07, 6.45) is 17.5. The summed E-state index contributed by atoms with van der Waals surface area (Å²) in [7, 11) is 0. The van der Waals surface area contributed by atoms with Crippen molar-refractivity contribution >= 4 is 17.8 Å². The van der Waals surface area contributed by atoms with Crippen LogP contribution in [0.4, 0.5) is 0 Å². The average Bonchev–Trinajstić information content (AvgIpc) is 2.99. The predicted molar refractivity (Wildman–Crippen MR) is 96.8 cm³/mol. The molecule has 1 aliphatic rings. The zero-order valence-corrected chi connectivity index (χ0v) is 14.6. The number of rotatable bonds is 7. The first kappa shape index (κ1) is 19.6. The maximum absolute atomic E-state index is 11.7. The van der Waals surface area contributed by atoms with Gasteiger partial charge in [0.2, 0.25) is 0 Å². The molecule has 0 aliphatic carbocycles.